The topological polar surface area (TPSA) is 108 Å². The number of nitrogens with one attached hydrogen (secondary N) is 2. The summed E-state index contributed by atoms with van der Waals surface area (Å²) in [6.07, 6.45) is 1.18. The minimum absolute atomic E-state index is 0.101. The zero-order chi connectivity index (χ0) is 28.5. The summed E-state index contributed by atoms with van der Waals surface area (Å²) < 4.78 is 5.45. The first-order valence-electron chi connectivity index (χ1n) is 13.3. The highest BCUT2D eigenvalue weighted by Crippen LogP contribution is 2.26. The van der Waals surface area contributed by atoms with E-state index in [2.05, 4.69) is 10.6 Å². The highest BCUT2D eigenvalue weighted by molar-refractivity contribution is 5.92. The molecule has 0 saturated heterocycles. The smallest absolute Gasteiger partial charge is 0.408 e. The lowest BCUT2D eigenvalue weighted by molar-refractivity contribution is -0.144. The minimum atomic E-state index is -1.01. The standard InChI is InChI=1S/C30H43N3O5/c1-8-9-17-31-27(35)26(23-12-10-11-21(4)18-23)33(20(2)3)28(36)25(32-29(37)38-30(5,6)7)19-22-13-15-24(34)16-14-22/h10-16,18,20,25-26,34H,8-9,17,19H2,1-7H3,(H,31,35)(H,32,37). The molecule has 0 radical (unpaired) electrons. The molecular weight excluding hydrogens is 482 g/mol. The van der Waals surface area contributed by atoms with Crippen molar-refractivity contribution in [2.75, 3.05) is 6.54 Å². The predicted octanol–water partition coefficient (Wildman–Crippen LogP) is 5.03. The Labute approximate surface area is 226 Å². The molecule has 3 N–H and O–H groups in total. The van der Waals surface area contributed by atoms with Gasteiger partial charge in [0.05, 0.1) is 0 Å². The second-order valence-corrected chi connectivity index (χ2v) is 10.9. The summed E-state index contributed by atoms with van der Waals surface area (Å²) in [6.45, 7) is 13.4. The van der Waals surface area contributed by atoms with Crippen molar-refractivity contribution >= 4 is 17.9 Å². The van der Waals surface area contributed by atoms with Crippen LogP contribution in [0.4, 0.5) is 4.79 Å². The fraction of sp³-hybridized carbons (Fsp3) is 0.500. The van der Waals surface area contributed by atoms with Crippen molar-refractivity contribution in [3.05, 3.63) is 65.2 Å². The minimum Gasteiger partial charge on any atom is -0.508 e. The largest absolute Gasteiger partial charge is 0.508 e. The lowest BCUT2D eigenvalue weighted by Crippen LogP contribution is -2.55. The first-order valence-corrected chi connectivity index (χ1v) is 13.3. The van der Waals surface area contributed by atoms with Crippen molar-refractivity contribution in [2.24, 2.45) is 0 Å². The molecule has 3 amide bonds. The van der Waals surface area contributed by atoms with Crippen LogP contribution in [0.25, 0.3) is 0 Å². The molecule has 2 aromatic carbocycles. The maximum atomic E-state index is 14.2. The molecule has 0 aliphatic carbocycles. The third-order valence-electron chi connectivity index (χ3n) is 5.89. The summed E-state index contributed by atoms with van der Waals surface area (Å²) in [5, 5.41) is 15.4. The van der Waals surface area contributed by atoms with Crippen LogP contribution in [0.15, 0.2) is 48.5 Å². The van der Waals surface area contributed by atoms with Crippen LogP contribution in [-0.4, -0.2) is 52.1 Å². The number of alkyl carbamates (subject to hydrolysis) is 1. The van der Waals surface area contributed by atoms with Crippen LogP contribution in [0.3, 0.4) is 0 Å². The Balaban J connectivity index is 2.51. The third kappa shape index (κ3) is 9.39. The monoisotopic (exact) mass is 525 g/mol. The molecule has 0 heterocycles. The molecule has 0 aromatic heterocycles. The first-order chi connectivity index (χ1) is 17.8. The number of phenolic OH excluding ortho intramolecular Hbond substituents is 1. The summed E-state index contributed by atoms with van der Waals surface area (Å²) in [7, 11) is 0. The van der Waals surface area contributed by atoms with Gasteiger partial charge < -0.3 is 25.4 Å². The van der Waals surface area contributed by atoms with E-state index in [1.54, 1.807) is 37.8 Å². The maximum absolute atomic E-state index is 14.2. The van der Waals surface area contributed by atoms with Gasteiger partial charge in [-0.15, -0.1) is 0 Å². The lowest BCUT2D eigenvalue weighted by Gasteiger charge is -2.37. The molecule has 38 heavy (non-hydrogen) atoms. The number of amides is 3. The van der Waals surface area contributed by atoms with Gasteiger partial charge in [0.2, 0.25) is 11.8 Å². The number of nitrogens with zero attached hydrogens (tertiary/aromatic N) is 1. The van der Waals surface area contributed by atoms with Gasteiger partial charge in [-0.3, -0.25) is 9.59 Å². The lowest BCUT2D eigenvalue weighted by atomic mass is 9.97. The number of aromatic hydroxyl groups is 1. The van der Waals surface area contributed by atoms with Gasteiger partial charge in [0.25, 0.3) is 0 Å². The predicted molar refractivity (Wildman–Crippen MR) is 149 cm³/mol. The second kappa shape index (κ2) is 13.8. The summed E-state index contributed by atoms with van der Waals surface area (Å²) in [5.74, 6) is -0.577. The quantitative estimate of drug-likeness (QED) is 0.357. The van der Waals surface area contributed by atoms with Gasteiger partial charge in [-0.05, 0) is 71.2 Å². The zero-order valence-corrected chi connectivity index (χ0v) is 23.7. The highest BCUT2D eigenvalue weighted by Gasteiger charge is 2.37. The van der Waals surface area contributed by atoms with E-state index in [0.29, 0.717) is 12.1 Å². The van der Waals surface area contributed by atoms with E-state index in [4.69, 9.17) is 4.74 Å². The molecule has 2 unspecified atom stereocenters. The molecule has 2 atom stereocenters. The molecule has 0 aliphatic rings. The fourth-order valence-corrected chi connectivity index (χ4v) is 4.14. The molecule has 0 aliphatic heterocycles. The maximum Gasteiger partial charge on any atom is 0.408 e. The van der Waals surface area contributed by atoms with E-state index >= 15 is 0 Å². The van der Waals surface area contributed by atoms with Crippen molar-refractivity contribution in [1.29, 1.82) is 0 Å². The summed E-state index contributed by atoms with van der Waals surface area (Å²) in [5.41, 5.74) is 1.65. The number of hydrogen-bond donors (Lipinski definition) is 3. The summed E-state index contributed by atoms with van der Waals surface area (Å²) in [4.78, 5) is 42.1. The van der Waals surface area contributed by atoms with Gasteiger partial charge in [0, 0.05) is 19.0 Å². The van der Waals surface area contributed by atoms with E-state index in [1.165, 1.54) is 12.1 Å². The molecule has 8 nitrogen and oxygen atoms in total. The van der Waals surface area contributed by atoms with Crippen LogP contribution in [0.2, 0.25) is 0 Å². The fourth-order valence-electron chi connectivity index (χ4n) is 4.14. The van der Waals surface area contributed by atoms with Crippen LogP contribution in [-0.2, 0) is 20.7 Å². The van der Waals surface area contributed by atoms with E-state index in [0.717, 1.165) is 24.0 Å². The number of unbranched alkanes of at least 4 members (excludes halogenated alkanes) is 1. The van der Waals surface area contributed by atoms with Crippen LogP contribution < -0.4 is 10.6 Å². The molecule has 208 valence electrons. The van der Waals surface area contributed by atoms with Crippen LogP contribution in [0.1, 0.15) is 77.1 Å². The number of hydrogen-bond acceptors (Lipinski definition) is 5. The van der Waals surface area contributed by atoms with Gasteiger partial charge in [-0.25, -0.2) is 4.79 Å². The number of aryl methyl sites for hydroxylation is 1. The van der Waals surface area contributed by atoms with Gasteiger partial charge >= 0.3 is 6.09 Å². The number of carbonyl (C=O) groups is 3. The van der Waals surface area contributed by atoms with E-state index in [-0.39, 0.29) is 24.1 Å². The molecule has 0 bridgehead atoms. The van der Waals surface area contributed by atoms with E-state index in [1.807, 2.05) is 52.0 Å². The normalized spacial score (nSPS) is 12.9. The molecule has 0 spiro atoms. The number of ether oxygens (including phenoxy) is 1. The zero-order valence-electron chi connectivity index (χ0n) is 23.7. The van der Waals surface area contributed by atoms with Gasteiger partial charge in [0.15, 0.2) is 0 Å². The van der Waals surface area contributed by atoms with Crippen molar-refractivity contribution in [1.82, 2.24) is 15.5 Å². The average Bonchev–Trinajstić information content (AvgIpc) is 2.81. The summed E-state index contributed by atoms with van der Waals surface area (Å²) in [6, 6.07) is 11.8. The number of phenols is 1. The van der Waals surface area contributed by atoms with Crippen LogP contribution in [0.5, 0.6) is 5.75 Å². The Morgan fingerprint density at radius 3 is 2.26 bits per heavy atom. The molecule has 0 saturated carbocycles. The Bertz CT molecular complexity index is 1080. The molecular formula is C30H43N3O5. The Kier molecular flexibility index (Phi) is 11.2. The number of benzene rings is 2. The van der Waals surface area contributed by atoms with E-state index < -0.39 is 29.7 Å². The van der Waals surface area contributed by atoms with Gasteiger partial charge in [-0.1, -0.05) is 55.3 Å². The summed E-state index contributed by atoms with van der Waals surface area (Å²) >= 11 is 0. The molecule has 8 heteroatoms. The van der Waals surface area contributed by atoms with Crippen LogP contribution in [0, 0.1) is 6.92 Å². The third-order valence-corrected chi connectivity index (χ3v) is 5.89. The first kappa shape index (κ1) is 30.7. The number of rotatable bonds is 11. The Morgan fingerprint density at radius 1 is 1.05 bits per heavy atom. The Morgan fingerprint density at radius 2 is 1.71 bits per heavy atom. The second-order valence-electron chi connectivity index (χ2n) is 10.9. The van der Waals surface area contributed by atoms with Crippen molar-refractivity contribution in [2.45, 2.75) is 91.5 Å². The number of carbonyl (C=O) groups excluding carboxylic acids is 3. The molecule has 2 aromatic rings. The SMILES string of the molecule is CCCCNC(=O)C(c1cccc(C)c1)N(C(=O)C(Cc1ccc(O)cc1)NC(=O)OC(C)(C)C)C(C)C. The molecule has 0 fully saturated rings. The van der Waals surface area contributed by atoms with Crippen LogP contribution >= 0.6 is 0 Å². The highest BCUT2D eigenvalue weighted by atomic mass is 16.6. The molecule has 2 rings (SSSR count). The van der Waals surface area contributed by atoms with Crippen molar-refractivity contribution in [3.8, 4) is 5.75 Å². The van der Waals surface area contributed by atoms with E-state index in [9.17, 15) is 19.5 Å². The Hall–Kier alpha value is -3.55. The van der Waals surface area contributed by atoms with Crippen molar-refractivity contribution < 1.29 is 24.2 Å². The van der Waals surface area contributed by atoms with Gasteiger partial charge in [0.1, 0.15) is 23.4 Å². The van der Waals surface area contributed by atoms with Crippen molar-refractivity contribution in [3.63, 3.8) is 0 Å². The van der Waals surface area contributed by atoms with Gasteiger partial charge in [-0.2, -0.15) is 0 Å². The average molecular weight is 526 g/mol.